The van der Waals surface area contributed by atoms with Gasteiger partial charge in [-0.25, -0.2) is 0 Å². The minimum absolute atomic E-state index is 0.0258. The molecule has 0 spiro atoms. The molecule has 4 rings (SSSR count). The van der Waals surface area contributed by atoms with Gasteiger partial charge < -0.3 is 15.4 Å². The first-order chi connectivity index (χ1) is 13.3. The number of nitrogens with zero attached hydrogens (tertiary/aromatic N) is 2. The molecule has 1 aliphatic rings. The van der Waals surface area contributed by atoms with E-state index in [-0.39, 0.29) is 11.8 Å². The summed E-state index contributed by atoms with van der Waals surface area (Å²) in [4.78, 5) is 12.0. The largest absolute Gasteiger partial charge is 0.455 e. The van der Waals surface area contributed by atoms with Crippen molar-refractivity contribution in [1.29, 1.82) is 0 Å². The summed E-state index contributed by atoms with van der Waals surface area (Å²) in [6, 6.07) is 20.7. The standard InChI is InChI=1S/C21H20N4O2/c26-21(15-7-6-8-15)23-20-14-13-19(24-25-20)22-17-11-4-5-12-18(17)27-16-9-2-1-3-10-16/h1-5,9-15H,6-8H2,(H,22,24)(H,23,25,26). The number of nitrogens with one attached hydrogen (secondary N) is 2. The van der Waals surface area contributed by atoms with Gasteiger partial charge in [-0.2, -0.15) is 0 Å². The Balaban J connectivity index is 1.44. The molecule has 1 fully saturated rings. The molecule has 27 heavy (non-hydrogen) atoms. The summed E-state index contributed by atoms with van der Waals surface area (Å²) in [6.45, 7) is 0. The highest BCUT2D eigenvalue weighted by atomic mass is 16.5. The molecule has 0 atom stereocenters. The van der Waals surface area contributed by atoms with Crippen molar-refractivity contribution < 1.29 is 9.53 Å². The second-order valence-corrected chi connectivity index (χ2v) is 6.46. The molecule has 0 unspecified atom stereocenters. The van der Waals surface area contributed by atoms with Crippen LogP contribution in [0.5, 0.6) is 11.5 Å². The lowest BCUT2D eigenvalue weighted by Crippen LogP contribution is -2.28. The number of benzene rings is 2. The fourth-order valence-electron chi connectivity index (χ4n) is 2.78. The molecule has 136 valence electrons. The van der Waals surface area contributed by atoms with E-state index in [1.165, 1.54) is 0 Å². The van der Waals surface area contributed by atoms with Crippen molar-refractivity contribution in [3.8, 4) is 11.5 Å². The summed E-state index contributed by atoms with van der Waals surface area (Å²) in [7, 11) is 0. The number of para-hydroxylation sites is 3. The fourth-order valence-corrected chi connectivity index (χ4v) is 2.78. The Hall–Kier alpha value is -3.41. The maximum absolute atomic E-state index is 12.0. The summed E-state index contributed by atoms with van der Waals surface area (Å²) in [5.74, 6) is 2.62. The molecule has 2 N–H and O–H groups in total. The monoisotopic (exact) mass is 360 g/mol. The topological polar surface area (TPSA) is 76.1 Å². The van der Waals surface area contributed by atoms with Gasteiger partial charge in [-0.05, 0) is 49.2 Å². The zero-order valence-corrected chi connectivity index (χ0v) is 14.8. The zero-order chi connectivity index (χ0) is 18.5. The third kappa shape index (κ3) is 4.23. The molecule has 3 aromatic rings. The van der Waals surface area contributed by atoms with Crippen LogP contribution in [0.15, 0.2) is 66.7 Å². The smallest absolute Gasteiger partial charge is 0.228 e. The predicted octanol–water partition coefficient (Wildman–Crippen LogP) is 4.75. The first kappa shape index (κ1) is 17.0. The SMILES string of the molecule is O=C(Nc1ccc(Nc2ccccc2Oc2ccccc2)nn1)C1CCC1. The molecule has 1 aliphatic carbocycles. The van der Waals surface area contributed by atoms with Crippen molar-refractivity contribution in [2.24, 2.45) is 5.92 Å². The van der Waals surface area contributed by atoms with E-state index in [9.17, 15) is 4.79 Å². The van der Waals surface area contributed by atoms with Crippen LogP contribution in [-0.4, -0.2) is 16.1 Å². The number of carbonyl (C=O) groups excluding carboxylic acids is 1. The fraction of sp³-hybridized carbons (Fsp3) is 0.190. The Morgan fingerprint density at radius 1 is 0.889 bits per heavy atom. The van der Waals surface area contributed by atoms with Gasteiger partial charge in [-0.1, -0.05) is 36.8 Å². The van der Waals surface area contributed by atoms with E-state index < -0.39 is 0 Å². The van der Waals surface area contributed by atoms with E-state index in [2.05, 4.69) is 20.8 Å². The third-order valence-electron chi connectivity index (χ3n) is 4.51. The van der Waals surface area contributed by atoms with Crippen LogP contribution in [0.1, 0.15) is 19.3 Å². The van der Waals surface area contributed by atoms with E-state index >= 15 is 0 Å². The summed E-state index contributed by atoms with van der Waals surface area (Å²) in [5, 5.41) is 14.3. The first-order valence-corrected chi connectivity index (χ1v) is 9.01. The van der Waals surface area contributed by atoms with Crippen LogP contribution in [0, 0.1) is 5.92 Å². The van der Waals surface area contributed by atoms with Crippen LogP contribution in [-0.2, 0) is 4.79 Å². The highest BCUT2D eigenvalue weighted by molar-refractivity contribution is 5.92. The van der Waals surface area contributed by atoms with Gasteiger partial charge in [0.25, 0.3) is 0 Å². The maximum atomic E-state index is 12.0. The summed E-state index contributed by atoms with van der Waals surface area (Å²) in [5.41, 5.74) is 0.780. The minimum Gasteiger partial charge on any atom is -0.455 e. The van der Waals surface area contributed by atoms with Crippen molar-refractivity contribution in [3.63, 3.8) is 0 Å². The average molecular weight is 360 g/mol. The lowest BCUT2D eigenvalue weighted by molar-refractivity contribution is -0.122. The maximum Gasteiger partial charge on any atom is 0.228 e. The number of amides is 1. The van der Waals surface area contributed by atoms with E-state index in [4.69, 9.17) is 4.74 Å². The van der Waals surface area contributed by atoms with Gasteiger partial charge in [0.15, 0.2) is 17.4 Å². The molecule has 1 amide bonds. The molecule has 1 aromatic heterocycles. The van der Waals surface area contributed by atoms with E-state index in [0.29, 0.717) is 17.4 Å². The Morgan fingerprint density at radius 2 is 1.59 bits per heavy atom. The molecule has 1 saturated carbocycles. The Labute approximate surface area is 157 Å². The van der Waals surface area contributed by atoms with Gasteiger partial charge in [0, 0.05) is 5.92 Å². The van der Waals surface area contributed by atoms with Gasteiger partial charge in [0.05, 0.1) is 5.69 Å². The van der Waals surface area contributed by atoms with Crippen LogP contribution in [0.2, 0.25) is 0 Å². The Morgan fingerprint density at radius 3 is 2.30 bits per heavy atom. The molecule has 6 heteroatoms. The number of hydrogen-bond acceptors (Lipinski definition) is 5. The van der Waals surface area contributed by atoms with E-state index in [0.717, 1.165) is 30.7 Å². The number of ether oxygens (including phenoxy) is 1. The molecule has 6 nitrogen and oxygen atoms in total. The average Bonchev–Trinajstić information content (AvgIpc) is 2.64. The highest BCUT2D eigenvalue weighted by Gasteiger charge is 2.25. The van der Waals surface area contributed by atoms with Crippen LogP contribution in [0.3, 0.4) is 0 Å². The number of anilines is 3. The lowest BCUT2D eigenvalue weighted by atomic mass is 9.85. The van der Waals surface area contributed by atoms with Gasteiger partial charge in [0.2, 0.25) is 5.91 Å². The lowest BCUT2D eigenvalue weighted by Gasteiger charge is -2.23. The van der Waals surface area contributed by atoms with Crippen molar-refractivity contribution in [3.05, 3.63) is 66.7 Å². The second kappa shape index (κ2) is 7.86. The van der Waals surface area contributed by atoms with Crippen LogP contribution in [0.4, 0.5) is 17.3 Å². The molecule has 0 radical (unpaired) electrons. The molecule has 0 bridgehead atoms. The van der Waals surface area contributed by atoms with E-state index in [1.54, 1.807) is 12.1 Å². The predicted molar refractivity (Wildman–Crippen MR) is 104 cm³/mol. The summed E-state index contributed by atoms with van der Waals surface area (Å²) < 4.78 is 5.94. The minimum atomic E-state index is 0.0258. The normalized spacial score (nSPS) is 13.5. The first-order valence-electron chi connectivity index (χ1n) is 9.01. The quantitative estimate of drug-likeness (QED) is 0.663. The molecular formula is C21H20N4O2. The van der Waals surface area contributed by atoms with E-state index in [1.807, 2.05) is 54.6 Å². The molecule has 2 aromatic carbocycles. The number of hydrogen-bond donors (Lipinski definition) is 2. The second-order valence-electron chi connectivity index (χ2n) is 6.46. The summed E-state index contributed by atoms with van der Waals surface area (Å²) >= 11 is 0. The van der Waals surface area contributed by atoms with Crippen LogP contribution >= 0.6 is 0 Å². The Bertz CT molecular complexity index is 909. The van der Waals surface area contributed by atoms with Crippen molar-refractivity contribution in [2.45, 2.75) is 19.3 Å². The number of aromatic nitrogens is 2. The van der Waals surface area contributed by atoms with Crippen LogP contribution in [0.25, 0.3) is 0 Å². The zero-order valence-electron chi connectivity index (χ0n) is 14.8. The van der Waals surface area contributed by atoms with Crippen LogP contribution < -0.4 is 15.4 Å². The molecular weight excluding hydrogens is 340 g/mol. The van der Waals surface area contributed by atoms with Gasteiger partial charge in [0.1, 0.15) is 5.75 Å². The highest BCUT2D eigenvalue weighted by Crippen LogP contribution is 2.31. The number of carbonyl (C=O) groups is 1. The van der Waals surface area contributed by atoms with Gasteiger partial charge in [-0.3, -0.25) is 4.79 Å². The summed E-state index contributed by atoms with van der Waals surface area (Å²) in [6.07, 6.45) is 3.03. The van der Waals surface area contributed by atoms with Crippen molar-refractivity contribution in [1.82, 2.24) is 10.2 Å². The van der Waals surface area contributed by atoms with Gasteiger partial charge in [-0.15, -0.1) is 10.2 Å². The Kier molecular flexibility index (Phi) is 4.96. The van der Waals surface area contributed by atoms with Gasteiger partial charge >= 0.3 is 0 Å². The molecule has 0 aliphatic heterocycles. The molecule has 0 saturated heterocycles. The number of rotatable bonds is 6. The molecule has 1 heterocycles. The third-order valence-corrected chi connectivity index (χ3v) is 4.51. The van der Waals surface area contributed by atoms with Crippen molar-refractivity contribution >= 4 is 23.2 Å². The van der Waals surface area contributed by atoms with Crippen molar-refractivity contribution in [2.75, 3.05) is 10.6 Å².